The monoisotopic (exact) mass is 408 g/mol. The SMILES string of the molecule is CC(NC(=O)Cc1csc(-c2ccc(F)cc2)n1)c1ccc(Cl)c(Cl)c1. The summed E-state index contributed by atoms with van der Waals surface area (Å²) in [6, 6.07) is 11.2. The van der Waals surface area contributed by atoms with Gasteiger partial charge in [-0.25, -0.2) is 9.37 Å². The molecule has 1 heterocycles. The zero-order valence-corrected chi connectivity index (χ0v) is 16.1. The minimum absolute atomic E-state index is 0.139. The number of benzene rings is 2. The van der Waals surface area contributed by atoms with Gasteiger partial charge in [-0.3, -0.25) is 4.79 Å². The van der Waals surface area contributed by atoms with E-state index in [2.05, 4.69) is 10.3 Å². The molecular formula is C19H15Cl2FN2OS. The van der Waals surface area contributed by atoms with Gasteiger partial charge in [0.15, 0.2) is 0 Å². The van der Waals surface area contributed by atoms with Crippen LogP contribution in [0.1, 0.15) is 24.2 Å². The normalized spacial score (nSPS) is 12.0. The molecule has 26 heavy (non-hydrogen) atoms. The van der Waals surface area contributed by atoms with Gasteiger partial charge in [-0.15, -0.1) is 11.3 Å². The fourth-order valence-corrected chi connectivity index (χ4v) is 3.57. The topological polar surface area (TPSA) is 42.0 Å². The van der Waals surface area contributed by atoms with Crippen LogP contribution in [0.3, 0.4) is 0 Å². The molecule has 0 aliphatic heterocycles. The smallest absolute Gasteiger partial charge is 0.226 e. The maximum atomic E-state index is 13.0. The van der Waals surface area contributed by atoms with Gasteiger partial charge in [0.1, 0.15) is 10.8 Å². The van der Waals surface area contributed by atoms with Crippen LogP contribution in [-0.2, 0) is 11.2 Å². The summed E-state index contributed by atoms with van der Waals surface area (Å²) in [5.41, 5.74) is 2.37. The third-order valence-electron chi connectivity index (χ3n) is 3.81. The number of rotatable bonds is 5. The average Bonchev–Trinajstić information content (AvgIpc) is 3.06. The molecule has 1 unspecified atom stereocenters. The predicted molar refractivity (Wildman–Crippen MR) is 104 cm³/mol. The molecule has 0 spiro atoms. The summed E-state index contributed by atoms with van der Waals surface area (Å²) in [6.45, 7) is 1.88. The van der Waals surface area contributed by atoms with E-state index in [4.69, 9.17) is 23.2 Å². The van der Waals surface area contributed by atoms with Crippen LogP contribution >= 0.6 is 34.5 Å². The largest absolute Gasteiger partial charge is 0.349 e. The number of amides is 1. The molecule has 7 heteroatoms. The molecule has 3 nitrogen and oxygen atoms in total. The van der Waals surface area contributed by atoms with E-state index in [0.29, 0.717) is 15.7 Å². The molecule has 0 aliphatic carbocycles. The van der Waals surface area contributed by atoms with E-state index in [9.17, 15) is 9.18 Å². The molecule has 0 radical (unpaired) electrons. The van der Waals surface area contributed by atoms with Gasteiger partial charge in [-0.1, -0.05) is 29.3 Å². The Morgan fingerprint density at radius 3 is 2.62 bits per heavy atom. The van der Waals surface area contributed by atoms with Gasteiger partial charge >= 0.3 is 0 Å². The molecule has 2 aromatic carbocycles. The van der Waals surface area contributed by atoms with E-state index < -0.39 is 0 Å². The molecule has 134 valence electrons. The second-order valence-corrected chi connectivity index (χ2v) is 7.46. The Morgan fingerprint density at radius 1 is 1.19 bits per heavy atom. The Labute approximate surface area is 164 Å². The molecule has 0 fully saturated rings. The fourth-order valence-electron chi connectivity index (χ4n) is 2.44. The van der Waals surface area contributed by atoms with Crippen LogP contribution in [0.4, 0.5) is 4.39 Å². The third-order valence-corrected chi connectivity index (χ3v) is 5.48. The number of carbonyl (C=O) groups is 1. The highest BCUT2D eigenvalue weighted by atomic mass is 35.5. The summed E-state index contributed by atoms with van der Waals surface area (Å²) in [6.07, 6.45) is 0.170. The summed E-state index contributed by atoms with van der Waals surface area (Å²) >= 11 is 13.4. The van der Waals surface area contributed by atoms with Crippen LogP contribution < -0.4 is 5.32 Å². The Balaban J connectivity index is 1.63. The molecule has 1 N–H and O–H groups in total. The summed E-state index contributed by atoms with van der Waals surface area (Å²) in [5, 5.41) is 6.44. The van der Waals surface area contributed by atoms with Crippen LogP contribution in [0.15, 0.2) is 47.8 Å². The fraction of sp³-hybridized carbons (Fsp3) is 0.158. The molecule has 3 aromatic rings. The molecule has 1 atom stereocenters. The van der Waals surface area contributed by atoms with E-state index in [0.717, 1.165) is 16.1 Å². The van der Waals surface area contributed by atoms with Crippen molar-refractivity contribution in [3.63, 3.8) is 0 Å². The first-order valence-corrected chi connectivity index (χ1v) is 9.50. The zero-order valence-electron chi connectivity index (χ0n) is 13.8. The van der Waals surface area contributed by atoms with Crippen molar-refractivity contribution in [3.8, 4) is 10.6 Å². The molecule has 1 amide bonds. The van der Waals surface area contributed by atoms with Crippen LogP contribution in [0.25, 0.3) is 10.6 Å². The van der Waals surface area contributed by atoms with Gasteiger partial charge in [-0.05, 0) is 48.9 Å². The molecule has 0 bridgehead atoms. The molecule has 0 aliphatic rings. The highest BCUT2D eigenvalue weighted by Crippen LogP contribution is 2.26. The van der Waals surface area contributed by atoms with Gasteiger partial charge in [0.2, 0.25) is 5.91 Å². The van der Waals surface area contributed by atoms with Crippen LogP contribution in [0.2, 0.25) is 10.0 Å². The first-order valence-electron chi connectivity index (χ1n) is 7.87. The molecular weight excluding hydrogens is 394 g/mol. The number of carbonyl (C=O) groups excluding carboxylic acids is 1. The van der Waals surface area contributed by atoms with E-state index in [-0.39, 0.29) is 24.2 Å². The maximum Gasteiger partial charge on any atom is 0.226 e. The molecule has 3 rings (SSSR count). The molecule has 1 aromatic heterocycles. The zero-order chi connectivity index (χ0) is 18.7. The quantitative estimate of drug-likeness (QED) is 0.590. The number of hydrogen-bond donors (Lipinski definition) is 1. The van der Waals surface area contributed by atoms with Crippen molar-refractivity contribution >= 4 is 40.4 Å². The Hall–Kier alpha value is -1.95. The number of halogens is 3. The molecule has 0 saturated heterocycles. The highest BCUT2D eigenvalue weighted by molar-refractivity contribution is 7.13. The van der Waals surface area contributed by atoms with Crippen LogP contribution in [-0.4, -0.2) is 10.9 Å². The third kappa shape index (κ3) is 4.61. The average molecular weight is 409 g/mol. The van der Waals surface area contributed by atoms with Gasteiger partial charge in [0.05, 0.1) is 28.2 Å². The van der Waals surface area contributed by atoms with Gasteiger partial charge in [-0.2, -0.15) is 0 Å². The second-order valence-electron chi connectivity index (χ2n) is 5.79. The van der Waals surface area contributed by atoms with E-state index in [1.54, 1.807) is 24.3 Å². The maximum absolute atomic E-state index is 13.0. The van der Waals surface area contributed by atoms with E-state index in [1.807, 2.05) is 18.4 Å². The lowest BCUT2D eigenvalue weighted by Gasteiger charge is -2.14. The second kappa shape index (κ2) is 8.16. The standard InChI is InChI=1S/C19H15Cl2FN2OS/c1-11(13-4-7-16(20)17(21)8-13)23-18(25)9-15-10-26-19(24-15)12-2-5-14(22)6-3-12/h2-8,10-11H,9H2,1H3,(H,23,25). The van der Waals surface area contributed by atoms with E-state index in [1.165, 1.54) is 23.5 Å². The van der Waals surface area contributed by atoms with Gasteiger partial charge < -0.3 is 5.32 Å². The lowest BCUT2D eigenvalue weighted by atomic mass is 10.1. The number of thiazole rings is 1. The Kier molecular flexibility index (Phi) is 5.91. The predicted octanol–water partition coefficient (Wildman–Crippen LogP) is 5.68. The van der Waals surface area contributed by atoms with Gasteiger partial charge in [0.25, 0.3) is 0 Å². The van der Waals surface area contributed by atoms with Crippen molar-refractivity contribution in [2.24, 2.45) is 0 Å². The van der Waals surface area contributed by atoms with Crippen molar-refractivity contribution in [3.05, 3.63) is 75.0 Å². The summed E-state index contributed by atoms with van der Waals surface area (Å²) < 4.78 is 13.0. The Morgan fingerprint density at radius 2 is 1.92 bits per heavy atom. The van der Waals surface area contributed by atoms with Gasteiger partial charge in [0, 0.05) is 10.9 Å². The van der Waals surface area contributed by atoms with Crippen molar-refractivity contribution in [2.45, 2.75) is 19.4 Å². The number of hydrogen-bond acceptors (Lipinski definition) is 3. The number of nitrogens with one attached hydrogen (secondary N) is 1. The van der Waals surface area contributed by atoms with Crippen molar-refractivity contribution in [2.75, 3.05) is 0 Å². The minimum atomic E-state index is -0.291. The lowest BCUT2D eigenvalue weighted by molar-refractivity contribution is -0.121. The molecule has 0 saturated carbocycles. The minimum Gasteiger partial charge on any atom is -0.349 e. The van der Waals surface area contributed by atoms with Crippen molar-refractivity contribution in [1.29, 1.82) is 0 Å². The number of nitrogens with zero attached hydrogens (tertiary/aromatic N) is 1. The van der Waals surface area contributed by atoms with Crippen LogP contribution in [0.5, 0.6) is 0 Å². The number of aromatic nitrogens is 1. The van der Waals surface area contributed by atoms with Crippen molar-refractivity contribution < 1.29 is 9.18 Å². The first-order chi connectivity index (χ1) is 12.4. The summed E-state index contributed by atoms with van der Waals surface area (Å²) in [4.78, 5) is 16.7. The van der Waals surface area contributed by atoms with Crippen LogP contribution in [0, 0.1) is 5.82 Å². The van der Waals surface area contributed by atoms with Crippen molar-refractivity contribution in [1.82, 2.24) is 10.3 Å². The Bertz CT molecular complexity index is 928. The summed E-state index contributed by atoms with van der Waals surface area (Å²) in [7, 11) is 0. The van der Waals surface area contributed by atoms with E-state index >= 15 is 0 Å². The highest BCUT2D eigenvalue weighted by Gasteiger charge is 2.13. The lowest BCUT2D eigenvalue weighted by Crippen LogP contribution is -2.28. The first kappa shape index (κ1) is 18.8. The summed E-state index contributed by atoms with van der Waals surface area (Å²) in [5.74, 6) is -0.430.